The Morgan fingerprint density at radius 2 is 1.77 bits per heavy atom. The minimum absolute atomic E-state index is 0.267. The maximum Gasteiger partial charge on any atom is 0.138 e. The van der Waals surface area contributed by atoms with E-state index >= 15 is 0 Å². The number of likely N-dealkylation sites (tertiary alicyclic amines) is 1. The predicted octanol–water partition coefficient (Wildman–Crippen LogP) is 3.99. The van der Waals surface area contributed by atoms with Crippen LogP contribution in [0.1, 0.15) is 24.0 Å². The van der Waals surface area contributed by atoms with E-state index < -0.39 is 5.60 Å². The molecule has 2 aromatic rings. The molecule has 2 aromatic carbocycles. The Balaban J connectivity index is 1.44. The van der Waals surface area contributed by atoms with Crippen LogP contribution in [-0.2, 0) is 6.54 Å². The highest BCUT2D eigenvalue weighted by Gasteiger charge is 2.33. The molecule has 0 atom stereocenters. The van der Waals surface area contributed by atoms with Crippen LogP contribution in [0.2, 0.25) is 5.02 Å². The minimum atomic E-state index is -0.812. The summed E-state index contributed by atoms with van der Waals surface area (Å²) in [5.74, 6) is 1.54. The van der Waals surface area contributed by atoms with Gasteiger partial charge in [-0.15, -0.1) is 0 Å². The van der Waals surface area contributed by atoms with Crippen LogP contribution < -0.4 is 9.47 Å². The quantitative estimate of drug-likeness (QED) is 0.649. The van der Waals surface area contributed by atoms with Gasteiger partial charge in [-0.05, 0) is 69.3 Å². The lowest BCUT2D eigenvalue weighted by Gasteiger charge is -2.38. The van der Waals surface area contributed by atoms with E-state index in [0.29, 0.717) is 30.2 Å². The first-order valence-electron chi connectivity index (χ1n) is 10.5. The Labute approximate surface area is 185 Å². The van der Waals surface area contributed by atoms with Crippen LogP contribution in [0.25, 0.3) is 0 Å². The van der Waals surface area contributed by atoms with Gasteiger partial charge in [-0.25, -0.2) is 0 Å². The van der Waals surface area contributed by atoms with Crippen molar-refractivity contribution in [3.8, 4) is 11.5 Å². The first-order chi connectivity index (χ1) is 14.3. The largest absolute Gasteiger partial charge is 0.492 e. The zero-order valence-corrected chi connectivity index (χ0v) is 19.0. The van der Waals surface area contributed by atoms with E-state index in [9.17, 15) is 5.11 Å². The van der Waals surface area contributed by atoms with Crippen molar-refractivity contribution in [1.82, 2.24) is 9.80 Å². The van der Waals surface area contributed by atoms with E-state index in [-0.39, 0.29) is 6.61 Å². The van der Waals surface area contributed by atoms with Crippen LogP contribution in [0.4, 0.5) is 0 Å². The van der Waals surface area contributed by atoms with Crippen molar-refractivity contribution in [2.24, 2.45) is 0 Å². The van der Waals surface area contributed by atoms with Gasteiger partial charge < -0.3 is 19.5 Å². The summed E-state index contributed by atoms with van der Waals surface area (Å²) in [6.07, 6.45) is 1.37. The first kappa shape index (κ1) is 22.9. The van der Waals surface area contributed by atoms with Crippen molar-refractivity contribution >= 4 is 11.6 Å². The van der Waals surface area contributed by atoms with E-state index in [1.807, 2.05) is 51.4 Å². The number of benzene rings is 2. The van der Waals surface area contributed by atoms with Crippen LogP contribution in [0.15, 0.2) is 42.5 Å². The molecule has 0 aromatic heterocycles. The van der Waals surface area contributed by atoms with Crippen LogP contribution in [0.3, 0.4) is 0 Å². The fraction of sp³-hybridized carbons (Fsp3) is 0.500. The van der Waals surface area contributed by atoms with Gasteiger partial charge in [0.2, 0.25) is 0 Å². The molecule has 0 aliphatic carbocycles. The Morgan fingerprint density at radius 1 is 1.07 bits per heavy atom. The van der Waals surface area contributed by atoms with Gasteiger partial charge in [0.15, 0.2) is 0 Å². The number of rotatable bonds is 9. The summed E-state index contributed by atoms with van der Waals surface area (Å²) in [5, 5.41) is 11.5. The minimum Gasteiger partial charge on any atom is -0.492 e. The van der Waals surface area contributed by atoms with Gasteiger partial charge in [0.05, 0.1) is 5.02 Å². The normalized spacial score (nSPS) is 16.6. The fourth-order valence-corrected chi connectivity index (χ4v) is 3.67. The summed E-state index contributed by atoms with van der Waals surface area (Å²) >= 11 is 6.20. The van der Waals surface area contributed by atoms with Gasteiger partial charge in [0, 0.05) is 26.2 Å². The monoisotopic (exact) mass is 432 g/mol. The predicted molar refractivity (Wildman–Crippen MR) is 122 cm³/mol. The van der Waals surface area contributed by atoms with Crippen molar-refractivity contribution in [3.63, 3.8) is 0 Å². The molecule has 1 aliphatic heterocycles. The standard InChI is InChI=1S/C24H33ClN2O3/c1-19-4-9-22(25)23(16-19)30-18-24(28)10-12-27(13-11-24)17-20-5-7-21(8-6-20)29-15-14-26(2)3/h4-9,16,28H,10-15,17-18H2,1-3H3. The zero-order valence-electron chi connectivity index (χ0n) is 18.2. The number of hydrogen-bond acceptors (Lipinski definition) is 5. The molecule has 1 saturated heterocycles. The molecule has 6 heteroatoms. The molecule has 0 saturated carbocycles. The number of halogens is 1. The lowest BCUT2D eigenvalue weighted by molar-refractivity contribution is -0.0537. The second-order valence-corrected chi connectivity index (χ2v) is 8.93. The molecule has 0 bridgehead atoms. The number of piperidine rings is 1. The number of hydrogen-bond donors (Lipinski definition) is 1. The van der Waals surface area contributed by atoms with Crippen molar-refractivity contribution in [1.29, 1.82) is 0 Å². The first-order valence-corrected chi connectivity index (χ1v) is 10.9. The van der Waals surface area contributed by atoms with Gasteiger partial charge in [0.25, 0.3) is 0 Å². The van der Waals surface area contributed by atoms with E-state index in [2.05, 4.69) is 21.9 Å². The number of aliphatic hydroxyl groups is 1. The highest BCUT2D eigenvalue weighted by atomic mass is 35.5. The Bertz CT molecular complexity index is 803. The molecule has 3 rings (SSSR count). The molecule has 1 N–H and O–H groups in total. The van der Waals surface area contributed by atoms with Gasteiger partial charge in [-0.3, -0.25) is 4.90 Å². The molecule has 164 valence electrons. The van der Waals surface area contributed by atoms with Crippen LogP contribution in [0, 0.1) is 6.92 Å². The summed E-state index contributed by atoms with van der Waals surface area (Å²) in [4.78, 5) is 4.47. The zero-order chi connectivity index (χ0) is 21.6. The molecule has 0 radical (unpaired) electrons. The van der Waals surface area contributed by atoms with Crippen molar-refractivity contribution in [2.75, 3.05) is 46.9 Å². The number of nitrogens with zero attached hydrogens (tertiary/aromatic N) is 2. The summed E-state index contributed by atoms with van der Waals surface area (Å²) in [6, 6.07) is 14.0. The maximum absolute atomic E-state index is 10.9. The Hall–Kier alpha value is -1.79. The fourth-order valence-electron chi connectivity index (χ4n) is 3.50. The molecule has 1 fully saturated rings. The molecule has 5 nitrogen and oxygen atoms in total. The van der Waals surface area contributed by atoms with Crippen LogP contribution in [0.5, 0.6) is 11.5 Å². The van der Waals surface area contributed by atoms with E-state index in [1.165, 1.54) is 5.56 Å². The summed E-state index contributed by atoms with van der Waals surface area (Å²) in [7, 11) is 4.08. The molecule has 0 amide bonds. The number of aryl methyl sites for hydroxylation is 1. The molecule has 1 aliphatic rings. The van der Waals surface area contributed by atoms with Crippen molar-refractivity contribution in [3.05, 3.63) is 58.6 Å². The Morgan fingerprint density at radius 3 is 2.43 bits per heavy atom. The average molecular weight is 433 g/mol. The van der Waals surface area contributed by atoms with Gasteiger partial charge >= 0.3 is 0 Å². The third-order valence-electron chi connectivity index (χ3n) is 5.51. The van der Waals surface area contributed by atoms with Gasteiger partial charge in [-0.1, -0.05) is 29.8 Å². The third kappa shape index (κ3) is 6.88. The highest BCUT2D eigenvalue weighted by Crippen LogP contribution is 2.29. The highest BCUT2D eigenvalue weighted by molar-refractivity contribution is 6.32. The molecule has 1 heterocycles. The topological polar surface area (TPSA) is 45.2 Å². The van der Waals surface area contributed by atoms with Gasteiger partial charge in [0.1, 0.15) is 30.3 Å². The molecule has 0 unspecified atom stereocenters. The second kappa shape index (κ2) is 10.5. The number of likely N-dealkylation sites (N-methyl/N-ethyl adjacent to an activating group) is 1. The molecule has 0 spiro atoms. The maximum atomic E-state index is 10.9. The second-order valence-electron chi connectivity index (χ2n) is 8.52. The van der Waals surface area contributed by atoms with Crippen LogP contribution in [-0.4, -0.2) is 67.5 Å². The van der Waals surface area contributed by atoms with E-state index in [4.69, 9.17) is 21.1 Å². The number of ether oxygens (including phenoxy) is 2. The Kier molecular flexibility index (Phi) is 8.00. The lowest BCUT2D eigenvalue weighted by Crippen LogP contribution is -2.47. The smallest absolute Gasteiger partial charge is 0.138 e. The molecular weight excluding hydrogens is 400 g/mol. The van der Waals surface area contributed by atoms with E-state index in [1.54, 1.807) is 0 Å². The lowest BCUT2D eigenvalue weighted by atomic mass is 9.92. The summed E-state index contributed by atoms with van der Waals surface area (Å²) in [5.41, 5.74) is 1.53. The third-order valence-corrected chi connectivity index (χ3v) is 5.82. The van der Waals surface area contributed by atoms with E-state index in [0.717, 1.165) is 37.5 Å². The SMILES string of the molecule is Cc1ccc(Cl)c(OCC2(O)CCN(Cc3ccc(OCCN(C)C)cc3)CC2)c1. The van der Waals surface area contributed by atoms with Crippen LogP contribution >= 0.6 is 11.6 Å². The average Bonchev–Trinajstić information content (AvgIpc) is 2.72. The summed E-state index contributed by atoms with van der Waals surface area (Å²) < 4.78 is 11.6. The van der Waals surface area contributed by atoms with Gasteiger partial charge in [-0.2, -0.15) is 0 Å². The summed E-state index contributed by atoms with van der Waals surface area (Å²) in [6.45, 7) is 6.40. The molecular formula is C24H33ClN2O3. The van der Waals surface area contributed by atoms with Crippen molar-refractivity contribution < 1.29 is 14.6 Å². The van der Waals surface area contributed by atoms with Crippen molar-refractivity contribution in [2.45, 2.75) is 31.9 Å². The molecule has 30 heavy (non-hydrogen) atoms.